The Hall–Kier alpha value is -4.50. The molecule has 1 heterocycles. The number of halogens is 1. The van der Waals surface area contributed by atoms with Crippen molar-refractivity contribution in [2.45, 2.75) is 13.0 Å². The first-order valence-electron chi connectivity index (χ1n) is 11.4. The van der Waals surface area contributed by atoms with Crippen LogP contribution in [0.4, 0.5) is 11.4 Å². The first-order chi connectivity index (χ1) is 18.2. The molecule has 10 heteroatoms. The van der Waals surface area contributed by atoms with Crippen LogP contribution in [0.25, 0.3) is 5.76 Å². The largest absolute Gasteiger partial charge is 0.507 e. The fourth-order valence-corrected chi connectivity index (χ4v) is 4.57. The van der Waals surface area contributed by atoms with Crippen LogP contribution in [0.1, 0.15) is 24.1 Å². The second-order valence-corrected chi connectivity index (χ2v) is 8.77. The van der Waals surface area contributed by atoms with E-state index in [0.29, 0.717) is 28.4 Å². The summed E-state index contributed by atoms with van der Waals surface area (Å²) in [5, 5.41) is 14.3. The average molecular weight is 537 g/mol. The number of nitrogens with zero attached hydrogens (tertiary/aromatic N) is 1. The molecule has 1 unspecified atom stereocenters. The number of rotatable bonds is 7. The van der Waals surface area contributed by atoms with Crippen LogP contribution in [0.3, 0.4) is 0 Å². The van der Waals surface area contributed by atoms with Crippen LogP contribution in [0.15, 0.2) is 66.2 Å². The van der Waals surface area contributed by atoms with Crippen LogP contribution in [-0.2, 0) is 14.4 Å². The van der Waals surface area contributed by atoms with E-state index in [2.05, 4.69) is 5.32 Å². The molecule has 0 aromatic heterocycles. The van der Waals surface area contributed by atoms with E-state index in [1.54, 1.807) is 48.5 Å². The highest BCUT2D eigenvalue weighted by atomic mass is 35.5. The number of hydrogen-bond acceptors (Lipinski definition) is 7. The van der Waals surface area contributed by atoms with Gasteiger partial charge >= 0.3 is 0 Å². The summed E-state index contributed by atoms with van der Waals surface area (Å²) in [6.45, 7) is 1.36. The van der Waals surface area contributed by atoms with Crippen LogP contribution < -0.4 is 24.4 Å². The summed E-state index contributed by atoms with van der Waals surface area (Å²) in [6.07, 6.45) is 0. The lowest BCUT2D eigenvalue weighted by Gasteiger charge is -2.26. The Morgan fingerprint density at radius 2 is 1.63 bits per heavy atom. The van der Waals surface area contributed by atoms with Gasteiger partial charge in [0.25, 0.3) is 11.7 Å². The minimum absolute atomic E-state index is 0.113. The first kappa shape index (κ1) is 26.6. The number of aliphatic hydroxyl groups excluding tert-OH is 1. The van der Waals surface area contributed by atoms with Crippen LogP contribution in [0.5, 0.6) is 17.2 Å². The van der Waals surface area contributed by atoms with E-state index in [0.717, 1.165) is 0 Å². The van der Waals surface area contributed by atoms with Crippen molar-refractivity contribution < 1.29 is 33.7 Å². The first-order valence-corrected chi connectivity index (χ1v) is 11.8. The Balaban J connectivity index is 1.96. The third-order valence-electron chi connectivity index (χ3n) is 6.05. The van der Waals surface area contributed by atoms with Gasteiger partial charge < -0.3 is 24.6 Å². The summed E-state index contributed by atoms with van der Waals surface area (Å²) >= 11 is 6.32. The second-order valence-electron chi connectivity index (χ2n) is 8.36. The number of ether oxygens (including phenoxy) is 3. The molecule has 0 spiro atoms. The number of amides is 2. The van der Waals surface area contributed by atoms with Crippen LogP contribution in [0.2, 0.25) is 5.02 Å². The van der Waals surface area contributed by atoms with Crippen molar-refractivity contribution in [1.29, 1.82) is 0 Å². The summed E-state index contributed by atoms with van der Waals surface area (Å²) in [5.74, 6) is -1.45. The molecule has 4 rings (SSSR count). The normalized spacial score (nSPS) is 16.3. The van der Waals surface area contributed by atoms with E-state index in [4.69, 9.17) is 25.8 Å². The zero-order valence-electron chi connectivity index (χ0n) is 21.1. The lowest BCUT2D eigenvalue weighted by Crippen LogP contribution is -2.29. The van der Waals surface area contributed by atoms with Crippen molar-refractivity contribution in [1.82, 2.24) is 0 Å². The van der Waals surface area contributed by atoms with E-state index in [-0.39, 0.29) is 27.8 Å². The molecule has 1 aliphatic heterocycles. The number of ketones is 1. The van der Waals surface area contributed by atoms with Crippen LogP contribution >= 0.6 is 11.6 Å². The van der Waals surface area contributed by atoms with Gasteiger partial charge in [-0.3, -0.25) is 19.3 Å². The van der Waals surface area contributed by atoms with E-state index in [1.807, 2.05) is 0 Å². The quantitative estimate of drug-likeness (QED) is 0.249. The molecule has 0 saturated carbocycles. The number of hydrogen-bond donors (Lipinski definition) is 2. The predicted octanol–water partition coefficient (Wildman–Crippen LogP) is 4.95. The van der Waals surface area contributed by atoms with Gasteiger partial charge in [0.15, 0.2) is 0 Å². The van der Waals surface area contributed by atoms with Crippen molar-refractivity contribution in [3.05, 3.63) is 82.4 Å². The van der Waals surface area contributed by atoms with Crippen molar-refractivity contribution in [3.8, 4) is 17.2 Å². The van der Waals surface area contributed by atoms with Crippen molar-refractivity contribution in [2.75, 3.05) is 31.5 Å². The van der Waals surface area contributed by atoms with E-state index < -0.39 is 23.5 Å². The highest BCUT2D eigenvalue weighted by Gasteiger charge is 2.47. The average Bonchev–Trinajstić information content (AvgIpc) is 3.18. The summed E-state index contributed by atoms with van der Waals surface area (Å²) in [4.78, 5) is 39.8. The van der Waals surface area contributed by atoms with Gasteiger partial charge in [0.2, 0.25) is 5.91 Å². The van der Waals surface area contributed by atoms with Gasteiger partial charge in [-0.05, 0) is 42.0 Å². The third-order valence-corrected chi connectivity index (χ3v) is 6.35. The van der Waals surface area contributed by atoms with Gasteiger partial charge in [-0.25, -0.2) is 0 Å². The number of nitrogens with one attached hydrogen (secondary N) is 1. The van der Waals surface area contributed by atoms with Gasteiger partial charge in [0.05, 0.1) is 43.5 Å². The van der Waals surface area contributed by atoms with Gasteiger partial charge in [-0.2, -0.15) is 0 Å². The van der Waals surface area contributed by atoms with Crippen molar-refractivity contribution in [2.24, 2.45) is 0 Å². The summed E-state index contributed by atoms with van der Waals surface area (Å²) < 4.78 is 15.9. The summed E-state index contributed by atoms with van der Waals surface area (Å²) in [5.41, 5.74) is 1.27. The Bertz CT molecular complexity index is 1450. The monoisotopic (exact) mass is 536 g/mol. The van der Waals surface area contributed by atoms with Gasteiger partial charge in [0, 0.05) is 24.4 Å². The van der Waals surface area contributed by atoms with E-state index in [9.17, 15) is 19.5 Å². The maximum atomic E-state index is 13.5. The lowest BCUT2D eigenvalue weighted by molar-refractivity contribution is -0.132. The SMILES string of the molecule is COc1ccc(C2/C(=C(\O)c3cc(Cl)c(OC)cc3OC)C(=O)C(=O)N2c2cccc(NC(C)=O)c2)cc1. The number of anilines is 2. The maximum Gasteiger partial charge on any atom is 0.300 e. The molecule has 1 fully saturated rings. The number of benzene rings is 3. The minimum atomic E-state index is -1.01. The maximum absolute atomic E-state index is 13.5. The second kappa shape index (κ2) is 10.9. The van der Waals surface area contributed by atoms with E-state index in [1.165, 1.54) is 45.3 Å². The number of methoxy groups -OCH3 is 3. The summed E-state index contributed by atoms with van der Waals surface area (Å²) in [6, 6.07) is 15.2. The molecule has 1 saturated heterocycles. The molecule has 2 N–H and O–H groups in total. The number of Topliss-reactive ketones (excluding diaryl/α,β-unsaturated/α-hetero) is 1. The molecule has 3 aromatic carbocycles. The molecule has 2 amide bonds. The molecule has 196 valence electrons. The molecule has 0 bridgehead atoms. The minimum Gasteiger partial charge on any atom is -0.507 e. The van der Waals surface area contributed by atoms with Gasteiger partial charge in [-0.15, -0.1) is 0 Å². The fraction of sp³-hybridized carbons (Fsp3) is 0.179. The Labute approximate surface area is 224 Å². The molecule has 1 atom stereocenters. The lowest BCUT2D eigenvalue weighted by atomic mass is 9.94. The Morgan fingerprint density at radius 3 is 2.24 bits per heavy atom. The topological polar surface area (TPSA) is 114 Å². The number of carbonyl (C=O) groups excluding carboxylic acids is 3. The molecule has 38 heavy (non-hydrogen) atoms. The predicted molar refractivity (Wildman–Crippen MR) is 143 cm³/mol. The van der Waals surface area contributed by atoms with Gasteiger partial charge in [0.1, 0.15) is 23.0 Å². The zero-order valence-corrected chi connectivity index (χ0v) is 21.8. The molecule has 9 nitrogen and oxygen atoms in total. The van der Waals surface area contributed by atoms with Gasteiger partial charge in [-0.1, -0.05) is 29.8 Å². The Kier molecular flexibility index (Phi) is 7.59. The molecule has 1 aliphatic rings. The van der Waals surface area contributed by atoms with Crippen LogP contribution in [0, 0.1) is 0 Å². The molecule has 0 radical (unpaired) electrons. The van der Waals surface area contributed by atoms with Crippen LogP contribution in [-0.4, -0.2) is 44.0 Å². The summed E-state index contributed by atoms with van der Waals surface area (Å²) in [7, 11) is 4.35. The molecule has 0 aliphatic carbocycles. The van der Waals surface area contributed by atoms with E-state index >= 15 is 0 Å². The highest BCUT2D eigenvalue weighted by molar-refractivity contribution is 6.51. The highest BCUT2D eigenvalue weighted by Crippen LogP contribution is 2.45. The van der Waals surface area contributed by atoms with Crippen molar-refractivity contribution in [3.63, 3.8) is 0 Å². The molecular formula is C28H25ClN2O7. The third kappa shape index (κ3) is 4.88. The fourth-order valence-electron chi connectivity index (χ4n) is 4.33. The standard InChI is InChI=1S/C28H25ClN2O7/c1-15(32)30-17-6-5-7-18(12-17)31-25(16-8-10-19(36-2)11-9-16)24(27(34)28(31)35)26(33)20-13-21(29)23(38-4)14-22(20)37-3/h5-14,25,33H,1-4H3,(H,30,32)/b26-24+. The zero-order chi connectivity index (χ0) is 27.6. The Morgan fingerprint density at radius 1 is 0.947 bits per heavy atom. The molecule has 3 aromatic rings. The van der Waals surface area contributed by atoms with Crippen molar-refractivity contribution >= 4 is 46.3 Å². The smallest absolute Gasteiger partial charge is 0.300 e. The number of aliphatic hydroxyl groups is 1. The molecular weight excluding hydrogens is 512 g/mol. The number of carbonyl (C=O) groups is 3.